The van der Waals surface area contributed by atoms with Crippen LogP contribution in [0.5, 0.6) is 0 Å². The van der Waals surface area contributed by atoms with Crippen molar-refractivity contribution in [3.8, 4) is 12.1 Å². The summed E-state index contributed by atoms with van der Waals surface area (Å²) in [5.41, 5.74) is 1.33. The van der Waals surface area contributed by atoms with E-state index in [-0.39, 0.29) is 0 Å². The van der Waals surface area contributed by atoms with Gasteiger partial charge in [-0.1, -0.05) is 12.1 Å². The Kier molecular flexibility index (Phi) is 2.58. The summed E-state index contributed by atoms with van der Waals surface area (Å²) in [4.78, 5) is 0. The molecule has 0 aliphatic heterocycles. The van der Waals surface area contributed by atoms with E-state index in [0.717, 1.165) is 32.3 Å². The maximum absolute atomic E-state index is 9.03. The zero-order chi connectivity index (χ0) is 15.1. The predicted octanol–water partition coefficient (Wildman–Crippen LogP) is 4.89. The van der Waals surface area contributed by atoms with E-state index in [9.17, 15) is 0 Å². The van der Waals surface area contributed by atoms with Crippen molar-refractivity contribution in [1.82, 2.24) is 0 Å². The Morgan fingerprint density at radius 2 is 0.818 bits per heavy atom. The first-order valence-corrected chi connectivity index (χ1v) is 6.98. The van der Waals surface area contributed by atoms with Gasteiger partial charge in [-0.15, -0.1) is 0 Å². The lowest BCUT2D eigenvalue weighted by atomic mass is 9.98. The third-order valence-electron chi connectivity index (χ3n) is 4.01. The third-order valence-corrected chi connectivity index (χ3v) is 4.01. The Balaban J connectivity index is 2.08. The van der Waals surface area contributed by atoms with Gasteiger partial charge in [0.15, 0.2) is 0 Å². The number of fused-ring (bicyclic) bond motifs is 3. The van der Waals surface area contributed by atoms with Crippen molar-refractivity contribution in [2.45, 2.75) is 0 Å². The fourth-order valence-electron chi connectivity index (χ4n) is 2.89. The van der Waals surface area contributed by atoms with Crippen molar-refractivity contribution in [2.24, 2.45) is 0 Å². The second kappa shape index (κ2) is 4.58. The molecule has 0 fully saturated rings. The van der Waals surface area contributed by atoms with E-state index in [0.29, 0.717) is 11.1 Å². The van der Waals surface area contributed by atoms with E-state index in [2.05, 4.69) is 36.4 Å². The van der Waals surface area contributed by atoms with Crippen molar-refractivity contribution in [3.63, 3.8) is 0 Å². The van der Waals surface area contributed by atoms with E-state index in [1.54, 1.807) is 0 Å². The Morgan fingerprint density at radius 1 is 0.455 bits per heavy atom. The SMILES string of the molecule is N#Cc1ccc2cc3cc4ccc(C#N)cc4cc3cc2c1. The molecular weight excluding hydrogens is 268 g/mol. The number of benzene rings is 4. The molecule has 0 atom stereocenters. The highest BCUT2D eigenvalue weighted by Crippen LogP contribution is 2.28. The van der Waals surface area contributed by atoms with Crippen LogP contribution < -0.4 is 0 Å². The summed E-state index contributed by atoms with van der Waals surface area (Å²) in [6.07, 6.45) is 0. The molecule has 0 unspecified atom stereocenters. The molecule has 4 aromatic rings. The molecule has 0 spiro atoms. The van der Waals surface area contributed by atoms with Crippen LogP contribution in [0.2, 0.25) is 0 Å². The molecule has 0 bridgehead atoms. The normalized spacial score (nSPS) is 10.6. The Bertz CT molecular complexity index is 1050. The molecule has 0 aromatic heterocycles. The Hall–Kier alpha value is -3.36. The van der Waals surface area contributed by atoms with Gasteiger partial charge in [0.25, 0.3) is 0 Å². The van der Waals surface area contributed by atoms with Crippen LogP contribution >= 0.6 is 0 Å². The largest absolute Gasteiger partial charge is 0.192 e. The molecule has 0 saturated heterocycles. The molecule has 2 nitrogen and oxygen atoms in total. The van der Waals surface area contributed by atoms with E-state index in [1.165, 1.54) is 0 Å². The van der Waals surface area contributed by atoms with E-state index in [4.69, 9.17) is 10.5 Å². The molecular formula is C20H10N2. The molecule has 2 heteroatoms. The molecule has 0 aliphatic carbocycles. The van der Waals surface area contributed by atoms with Gasteiger partial charge in [0.2, 0.25) is 0 Å². The highest BCUT2D eigenvalue weighted by Gasteiger charge is 2.03. The van der Waals surface area contributed by atoms with Gasteiger partial charge in [0.05, 0.1) is 23.3 Å². The van der Waals surface area contributed by atoms with Crippen LogP contribution in [0.4, 0.5) is 0 Å². The van der Waals surface area contributed by atoms with Crippen LogP contribution in [0, 0.1) is 22.7 Å². The molecule has 0 saturated carbocycles. The van der Waals surface area contributed by atoms with Crippen LogP contribution in [0.1, 0.15) is 11.1 Å². The maximum Gasteiger partial charge on any atom is 0.0991 e. The molecule has 100 valence electrons. The summed E-state index contributed by atoms with van der Waals surface area (Å²) in [5, 5.41) is 24.7. The Labute approximate surface area is 127 Å². The zero-order valence-electron chi connectivity index (χ0n) is 11.7. The minimum absolute atomic E-state index is 0.666. The lowest BCUT2D eigenvalue weighted by Gasteiger charge is -2.06. The maximum atomic E-state index is 9.03. The molecule has 0 aliphatic rings. The topological polar surface area (TPSA) is 47.6 Å². The Morgan fingerprint density at radius 3 is 1.23 bits per heavy atom. The summed E-state index contributed by atoms with van der Waals surface area (Å²) in [6.45, 7) is 0. The van der Waals surface area contributed by atoms with Crippen molar-refractivity contribution in [1.29, 1.82) is 10.5 Å². The molecule has 4 rings (SSSR count). The predicted molar refractivity (Wildman–Crippen MR) is 88.4 cm³/mol. The second-order valence-electron chi connectivity index (χ2n) is 5.40. The minimum Gasteiger partial charge on any atom is -0.192 e. The van der Waals surface area contributed by atoms with Crippen molar-refractivity contribution in [2.75, 3.05) is 0 Å². The summed E-state index contributed by atoms with van der Waals surface area (Å²) >= 11 is 0. The number of hydrogen-bond donors (Lipinski definition) is 0. The van der Waals surface area contributed by atoms with Crippen molar-refractivity contribution < 1.29 is 0 Å². The molecule has 22 heavy (non-hydrogen) atoms. The average molecular weight is 278 g/mol. The highest BCUT2D eigenvalue weighted by molar-refractivity contribution is 6.05. The van der Waals surface area contributed by atoms with Gasteiger partial charge >= 0.3 is 0 Å². The van der Waals surface area contributed by atoms with Crippen LogP contribution in [-0.4, -0.2) is 0 Å². The minimum atomic E-state index is 0.666. The lowest BCUT2D eigenvalue weighted by Crippen LogP contribution is -1.81. The summed E-state index contributed by atoms with van der Waals surface area (Å²) in [7, 11) is 0. The zero-order valence-corrected chi connectivity index (χ0v) is 11.7. The van der Waals surface area contributed by atoms with Crippen LogP contribution in [-0.2, 0) is 0 Å². The summed E-state index contributed by atoms with van der Waals surface area (Å²) in [6, 6.07) is 24.3. The van der Waals surface area contributed by atoms with Gasteiger partial charge < -0.3 is 0 Å². The fourth-order valence-corrected chi connectivity index (χ4v) is 2.89. The van der Waals surface area contributed by atoms with Gasteiger partial charge in [-0.05, 0) is 80.8 Å². The van der Waals surface area contributed by atoms with Gasteiger partial charge in [-0.2, -0.15) is 10.5 Å². The quantitative estimate of drug-likeness (QED) is 0.430. The number of hydrogen-bond acceptors (Lipinski definition) is 2. The van der Waals surface area contributed by atoms with Crippen molar-refractivity contribution in [3.05, 3.63) is 71.8 Å². The van der Waals surface area contributed by atoms with E-state index in [1.807, 2.05) is 36.4 Å². The number of nitriles is 2. The second-order valence-corrected chi connectivity index (χ2v) is 5.40. The number of rotatable bonds is 0. The van der Waals surface area contributed by atoms with Crippen LogP contribution in [0.15, 0.2) is 60.7 Å². The first kappa shape index (κ1) is 12.4. The molecule has 0 heterocycles. The highest BCUT2D eigenvalue weighted by atomic mass is 14.2. The summed E-state index contributed by atoms with van der Waals surface area (Å²) < 4.78 is 0. The van der Waals surface area contributed by atoms with Crippen LogP contribution in [0.25, 0.3) is 32.3 Å². The average Bonchev–Trinajstić information content (AvgIpc) is 2.57. The first-order chi connectivity index (χ1) is 10.8. The molecule has 0 amide bonds. The smallest absolute Gasteiger partial charge is 0.0991 e. The molecule has 0 N–H and O–H groups in total. The van der Waals surface area contributed by atoms with Gasteiger partial charge in [-0.3, -0.25) is 0 Å². The molecule has 0 radical (unpaired) electrons. The third kappa shape index (κ3) is 1.87. The monoisotopic (exact) mass is 278 g/mol. The standard InChI is InChI=1S/C20H10N2/c21-11-13-1-3-15-7-19-8-16-4-2-14(12-22)6-18(16)10-20(19)9-17(15)5-13/h1-10H. The van der Waals surface area contributed by atoms with Crippen molar-refractivity contribution >= 4 is 32.3 Å². The van der Waals surface area contributed by atoms with E-state index >= 15 is 0 Å². The first-order valence-electron chi connectivity index (χ1n) is 6.98. The molecule has 4 aromatic carbocycles. The van der Waals surface area contributed by atoms with Crippen LogP contribution in [0.3, 0.4) is 0 Å². The van der Waals surface area contributed by atoms with Gasteiger partial charge in [0.1, 0.15) is 0 Å². The van der Waals surface area contributed by atoms with Gasteiger partial charge in [0, 0.05) is 0 Å². The lowest BCUT2D eigenvalue weighted by molar-refractivity contribution is 1.50. The van der Waals surface area contributed by atoms with Gasteiger partial charge in [-0.25, -0.2) is 0 Å². The number of nitrogens with zero attached hydrogens (tertiary/aromatic N) is 2. The van der Waals surface area contributed by atoms with E-state index < -0.39 is 0 Å². The fraction of sp³-hybridized carbons (Fsp3) is 0. The summed E-state index contributed by atoms with van der Waals surface area (Å²) in [5.74, 6) is 0.